The Hall–Kier alpha value is -2.16. The van der Waals surface area contributed by atoms with Crippen molar-refractivity contribution in [3.05, 3.63) is 65.4 Å². The standard InChI is InChI=1S/C18H22N2O/c1-2-3-4-6-11-16-12-9-10-15-18(16)19-20(21)17-13-7-5-8-14-17/h5,7-10,12-15H,2-4,6,11H2,1H3. The molecule has 3 nitrogen and oxygen atoms in total. The third kappa shape index (κ3) is 4.71. The second-order valence-corrected chi connectivity index (χ2v) is 5.15. The van der Waals surface area contributed by atoms with E-state index in [9.17, 15) is 5.21 Å². The van der Waals surface area contributed by atoms with Gasteiger partial charge < -0.3 is 5.21 Å². The lowest BCUT2D eigenvalue weighted by Gasteiger charge is -2.05. The Balaban J connectivity index is 2.12. The molecule has 2 aromatic carbocycles. The molecule has 21 heavy (non-hydrogen) atoms. The van der Waals surface area contributed by atoms with Crippen LogP contribution in [0.3, 0.4) is 0 Å². The van der Waals surface area contributed by atoms with E-state index in [0.717, 1.165) is 24.1 Å². The van der Waals surface area contributed by atoms with E-state index in [-0.39, 0.29) is 0 Å². The average molecular weight is 282 g/mol. The zero-order valence-corrected chi connectivity index (χ0v) is 12.5. The number of unbranched alkanes of at least 4 members (excludes halogenated alkanes) is 3. The highest BCUT2D eigenvalue weighted by molar-refractivity contribution is 5.45. The van der Waals surface area contributed by atoms with Gasteiger partial charge >= 0.3 is 0 Å². The number of hydrogen-bond acceptors (Lipinski definition) is 2. The van der Waals surface area contributed by atoms with Gasteiger partial charge in [-0.2, -0.15) is 0 Å². The predicted molar refractivity (Wildman–Crippen MR) is 86.1 cm³/mol. The minimum atomic E-state index is 0.554. The fourth-order valence-corrected chi connectivity index (χ4v) is 2.27. The Morgan fingerprint density at radius 2 is 1.62 bits per heavy atom. The summed E-state index contributed by atoms with van der Waals surface area (Å²) in [5.41, 5.74) is 2.47. The molecule has 0 amide bonds. The monoisotopic (exact) mass is 282 g/mol. The quantitative estimate of drug-likeness (QED) is 0.276. The van der Waals surface area contributed by atoms with Crippen molar-refractivity contribution in [3.8, 4) is 0 Å². The number of para-hydroxylation sites is 1. The largest absolute Gasteiger partial charge is 0.594 e. The van der Waals surface area contributed by atoms with Crippen LogP contribution < -0.4 is 0 Å². The maximum Gasteiger partial charge on any atom is 0.244 e. The van der Waals surface area contributed by atoms with E-state index >= 15 is 0 Å². The first-order valence-electron chi connectivity index (χ1n) is 7.63. The lowest BCUT2D eigenvalue weighted by atomic mass is 10.0. The number of azo groups is 1. The van der Waals surface area contributed by atoms with E-state index in [4.69, 9.17) is 0 Å². The minimum Gasteiger partial charge on any atom is -0.594 e. The van der Waals surface area contributed by atoms with Crippen LogP contribution >= 0.6 is 0 Å². The molecule has 2 aromatic rings. The zero-order valence-electron chi connectivity index (χ0n) is 12.5. The van der Waals surface area contributed by atoms with Crippen LogP contribution in [0.15, 0.2) is 59.7 Å². The summed E-state index contributed by atoms with van der Waals surface area (Å²) in [4.78, 5) is 0.699. The van der Waals surface area contributed by atoms with Crippen LogP contribution in [-0.2, 0) is 6.42 Å². The number of benzene rings is 2. The third-order valence-electron chi connectivity index (χ3n) is 3.47. The molecule has 0 atom stereocenters. The van der Waals surface area contributed by atoms with Crippen molar-refractivity contribution in [2.75, 3.05) is 0 Å². The van der Waals surface area contributed by atoms with Crippen molar-refractivity contribution in [2.24, 2.45) is 5.11 Å². The molecule has 0 unspecified atom stereocenters. The number of nitrogens with zero attached hydrogens (tertiary/aromatic N) is 2. The summed E-state index contributed by atoms with van der Waals surface area (Å²) < 4.78 is 0. The summed E-state index contributed by atoms with van der Waals surface area (Å²) in [6.07, 6.45) is 5.84. The number of hydrogen-bond donors (Lipinski definition) is 0. The van der Waals surface area contributed by atoms with Gasteiger partial charge in [-0.3, -0.25) is 0 Å². The lowest BCUT2D eigenvalue weighted by Crippen LogP contribution is -1.92. The molecule has 0 saturated heterocycles. The normalized spacial score (nSPS) is 11.6. The van der Waals surface area contributed by atoms with E-state index < -0.39 is 0 Å². The molecule has 0 heterocycles. The highest BCUT2D eigenvalue weighted by Crippen LogP contribution is 2.23. The van der Waals surface area contributed by atoms with Crippen molar-refractivity contribution in [2.45, 2.75) is 39.0 Å². The molecule has 110 valence electrons. The number of rotatable bonds is 7. The van der Waals surface area contributed by atoms with Crippen LogP contribution in [-0.4, -0.2) is 4.86 Å². The fourth-order valence-electron chi connectivity index (χ4n) is 2.27. The highest BCUT2D eigenvalue weighted by atomic mass is 16.5. The van der Waals surface area contributed by atoms with Gasteiger partial charge in [0.2, 0.25) is 5.69 Å². The topological polar surface area (TPSA) is 38.4 Å². The van der Waals surface area contributed by atoms with Crippen molar-refractivity contribution in [3.63, 3.8) is 0 Å². The second kappa shape index (κ2) is 8.20. The van der Waals surface area contributed by atoms with Gasteiger partial charge in [-0.15, -0.1) is 0 Å². The van der Waals surface area contributed by atoms with E-state index in [1.807, 2.05) is 36.4 Å². The zero-order chi connectivity index (χ0) is 14.9. The van der Waals surface area contributed by atoms with Crippen LogP contribution in [0.1, 0.15) is 38.2 Å². The van der Waals surface area contributed by atoms with Crippen LogP contribution in [0.2, 0.25) is 0 Å². The van der Waals surface area contributed by atoms with Gasteiger partial charge in [0.15, 0.2) is 0 Å². The number of aryl methyl sites for hydroxylation is 1. The van der Waals surface area contributed by atoms with E-state index in [1.165, 1.54) is 19.3 Å². The van der Waals surface area contributed by atoms with E-state index in [0.29, 0.717) is 10.5 Å². The van der Waals surface area contributed by atoms with Crippen molar-refractivity contribution in [1.82, 2.24) is 0 Å². The molecule has 0 spiro atoms. The van der Waals surface area contributed by atoms with Crippen LogP contribution in [0.25, 0.3) is 0 Å². The highest BCUT2D eigenvalue weighted by Gasteiger charge is 2.06. The van der Waals surface area contributed by atoms with Gasteiger partial charge in [0.1, 0.15) is 5.69 Å². The summed E-state index contributed by atoms with van der Waals surface area (Å²) in [5, 5.41) is 16.3. The van der Waals surface area contributed by atoms with Crippen molar-refractivity contribution in [1.29, 1.82) is 0 Å². The lowest BCUT2D eigenvalue weighted by molar-refractivity contribution is -0.435. The molecule has 0 saturated carbocycles. The summed E-state index contributed by atoms with van der Waals surface area (Å²) in [6.45, 7) is 2.21. The summed E-state index contributed by atoms with van der Waals surface area (Å²) in [7, 11) is 0. The molecule has 0 aromatic heterocycles. The van der Waals surface area contributed by atoms with Gasteiger partial charge in [-0.1, -0.05) is 67.4 Å². The SMILES string of the molecule is CCCCCCc1ccccc1N=[N+]([O-])c1ccccc1. The molecule has 0 aliphatic carbocycles. The molecule has 0 aliphatic rings. The molecule has 0 N–H and O–H groups in total. The minimum absolute atomic E-state index is 0.554. The van der Waals surface area contributed by atoms with Crippen molar-refractivity contribution >= 4 is 11.4 Å². The summed E-state index contributed by atoms with van der Waals surface area (Å²) in [6, 6.07) is 17.0. The molecular weight excluding hydrogens is 260 g/mol. The molecule has 0 fully saturated rings. The Bertz CT molecular complexity index is 579. The molecule has 2 rings (SSSR count). The average Bonchev–Trinajstić information content (AvgIpc) is 2.54. The van der Waals surface area contributed by atoms with Gasteiger partial charge in [0.25, 0.3) is 0 Å². The second-order valence-electron chi connectivity index (χ2n) is 5.15. The third-order valence-corrected chi connectivity index (χ3v) is 3.47. The maximum atomic E-state index is 12.1. The summed E-state index contributed by atoms with van der Waals surface area (Å²) >= 11 is 0. The molecule has 0 bridgehead atoms. The summed E-state index contributed by atoms with van der Waals surface area (Å²) in [5.74, 6) is 0. The predicted octanol–water partition coefficient (Wildman–Crippen LogP) is 5.74. The fraction of sp³-hybridized carbons (Fsp3) is 0.333. The van der Waals surface area contributed by atoms with Gasteiger partial charge in [0, 0.05) is 17.2 Å². The van der Waals surface area contributed by atoms with Gasteiger partial charge in [-0.05, 0) is 24.5 Å². The van der Waals surface area contributed by atoms with Crippen LogP contribution in [0.4, 0.5) is 11.4 Å². The van der Waals surface area contributed by atoms with Crippen molar-refractivity contribution < 1.29 is 4.86 Å². The molecule has 0 aliphatic heterocycles. The Morgan fingerprint density at radius 1 is 0.905 bits per heavy atom. The van der Waals surface area contributed by atoms with Crippen LogP contribution in [0.5, 0.6) is 0 Å². The molecule has 3 heteroatoms. The first-order chi connectivity index (χ1) is 10.3. The smallest absolute Gasteiger partial charge is 0.244 e. The Morgan fingerprint density at radius 3 is 2.38 bits per heavy atom. The maximum absolute atomic E-state index is 12.1. The molecular formula is C18H22N2O. The van der Waals surface area contributed by atoms with Gasteiger partial charge in [-0.25, -0.2) is 0 Å². The Kier molecular flexibility index (Phi) is 5.95. The first-order valence-corrected chi connectivity index (χ1v) is 7.63. The van der Waals surface area contributed by atoms with Gasteiger partial charge in [0.05, 0.1) is 0 Å². The van der Waals surface area contributed by atoms with Crippen LogP contribution in [0, 0.1) is 5.21 Å². The van der Waals surface area contributed by atoms with E-state index in [1.54, 1.807) is 12.1 Å². The molecule has 0 radical (unpaired) electrons. The Labute approximate surface area is 126 Å². The van der Waals surface area contributed by atoms with E-state index in [2.05, 4.69) is 18.1 Å². The first kappa shape index (κ1) is 15.2.